The van der Waals surface area contributed by atoms with Crippen molar-refractivity contribution in [3.8, 4) is 33.4 Å². The van der Waals surface area contributed by atoms with Crippen LogP contribution >= 0.6 is 0 Å². The molecule has 2 nitrogen and oxygen atoms in total. The highest BCUT2D eigenvalue weighted by Gasteiger charge is 2.24. The predicted molar refractivity (Wildman–Crippen MR) is 258 cm³/mol. The third-order valence-corrected chi connectivity index (χ3v) is 12.1. The van der Waals surface area contributed by atoms with Crippen LogP contribution in [0.3, 0.4) is 0 Å². The highest BCUT2D eigenvalue weighted by molar-refractivity contribution is 6.09. The van der Waals surface area contributed by atoms with Gasteiger partial charge in [0.25, 0.3) is 0 Å². The van der Waals surface area contributed by atoms with Gasteiger partial charge in [-0.25, -0.2) is 0 Å². The van der Waals surface area contributed by atoms with Gasteiger partial charge >= 0.3 is 0 Å². The minimum atomic E-state index is 0.00892. The molecule has 0 aliphatic carbocycles. The van der Waals surface area contributed by atoms with Crippen molar-refractivity contribution >= 4 is 49.8 Å². The molecule has 0 atom stereocenters. The molecule has 0 saturated carbocycles. The van der Waals surface area contributed by atoms with Crippen LogP contribution in [-0.4, -0.2) is 0 Å². The molecule has 60 heavy (non-hydrogen) atoms. The Bertz CT molecular complexity index is 2980. The number of hydrogen-bond donors (Lipinski definition) is 0. The van der Waals surface area contributed by atoms with Crippen molar-refractivity contribution in [3.05, 3.63) is 187 Å². The van der Waals surface area contributed by atoms with E-state index in [9.17, 15) is 0 Å². The maximum atomic E-state index is 6.16. The highest BCUT2D eigenvalue weighted by Crippen LogP contribution is 2.46. The minimum absolute atomic E-state index is 0.00892. The van der Waals surface area contributed by atoms with Crippen molar-refractivity contribution in [1.82, 2.24) is 0 Å². The van der Waals surface area contributed by atoms with Crippen molar-refractivity contribution in [3.63, 3.8) is 0 Å². The molecule has 1 aromatic heterocycles. The average Bonchev–Trinajstić information content (AvgIpc) is 3.61. The van der Waals surface area contributed by atoms with Gasteiger partial charge in [-0.3, -0.25) is 0 Å². The van der Waals surface area contributed by atoms with E-state index in [0.29, 0.717) is 0 Å². The molecule has 2 heteroatoms. The van der Waals surface area contributed by atoms with Gasteiger partial charge in [0.05, 0.1) is 5.69 Å². The first kappa shape index (κ1) is 39.1. The van der Waals surface area contributed by atoms with Gasteiger partial charge in [0.15, 0.2) is 0 Å². The minimum Gasteiger partial charge on any atom is -0.456 e. The Morgan fingerprint density at radius 3 is 1.55 bits per heavy atom. The van der Waals surface area contributed by atoms with E-state index in [2.05, 4.69) is 225 Å². The molecule has 0 radical (unpaired) electrons. The molecule has 0 amide bonds. The lowest BCUT2D eigenvalue weighted by atomic mass is 9.78. The van der Waals surface area contributed by atoms with Gasteiger partial charge < -0.3 is 9.32 Å². The quantitative estimate of drug-likeness (QED) is 0.167. The summed E-state index contributed by atoms with van der Waals surface area (Å²) in [4.78, 5) is 2.43. The van der Waals surface area contributed by atoms with Crippen LogP contribution < -0.4 is 4.90 Å². The van der Waals surface area contributed by atoms with Gasteiger partial charge in [0, 0.05) is 27.7 Å². The van der Waals surface area contributed by atoms with Crippen LogP contribution in [0.15, 0.2) is 174 Å². The molecule has 0 bridgehead atoms. The lowest BCUT2D eigenvalue weighted by Gasteiger charge is -2.29. The molecule has 0 spiro atoms. The molecule has 0 saturated heterocycles. The van der Waals surface area contributed by atoms with E-state index < -0.39 is 0 Å². The summed E-state index contributed by atoms with van der Waals surface area (Å²) in [5.41, 5.74) is 16.5. The number of fused-ring (bicyclic) bond motifs is 4. The van der Waals surface area contributed by atoms with Crippen LogP contribution in [0.4, 0.5) is 17.1 Å². The molecule has 9 aromatic rings. The van der Waals surface area contributed by atoms with Crippen LogP contribution in [-0.2, 0) is 16.2 Å². The summed E-state index contributed by atoms with van der Waals surface area (Å²) in [6.45, 7) is 20.7. The average molecular weight is 782 g/mol. The zero-order valence-electron chi connectivity index (χ0n) is 36.5. The Morgan fingerprint density at radius 2 is 0.900 bits per heavy atom. The van der Waals surface area contributed by atoms with Crippen LogP contribution in [0.5, 0.6) is 0 Å². The summed E-state index contributed by atoms with van der Waals surface area (Å²) in [7, 11) is 0. The van der Waals surface area contributed by atoms with Crippen LogP contribution in [0.25, 0.3) is 66.1 Å². The summed E-state index contributed by atoms with van der Waals surface area (Å²) in [6, 6.07) is 62.7. The van der Waals surface area contributed by atoms with E-state index in [0.717, 1.165) is 50.1 Å². The van der Waals surface area contributed by atoms with Crippen LogP contribution in [0, 0.1) is 0 Å². The van der Waals surface area contributed by atoms with Gasteiger partial charge in [-0.2, -0.15) is 0 Å². The van der Waals surface area contributed by atoms with Crippen molar-refractivity contribution in [2.24, 2.45) is 0 Å². The smallest absolute Gasteiger partial charge is 0.135 e. The number of benzene rings is 8. The SMILES string of the molecule is CC(C)(C)c1ccc(N(c2ccc(-c3ccc4oc5ccccc5c4c3)cc2)c2ccccc2-c2cccc3cccc(-c4cc(C(C)(C)C)cc(C(C)(C)C)c4)c23)cc1. The summed E-state index contributed by atoms with van der Waals surface area (Å²) >= 11 is 0. The van der Waals surface area contributed by atoms with Crippen molar-refractivity contribution in [1.29, 1.82) is 0 Å². The Morgan fingerprint density at radius 1 is 0.367 bits per heavy atom. The Balaban J connectivity index is 1.22. The Hall–Kier alpha value is -6.38. The van der Waals surface area contributed by atoms with Crippen molar-refractivity contribution in [2.75, 3.05) is 4.90 Å². The lowest BCUT2D eigenvalue weighted by Crippen LogP contribution is -2.16. The molecular weight excluding hydrogens is 727 g/mol. The van der Waals surface area contributed by atoms with Gasteiger partial charge in [-0.1, -0.05) is 184 Å². The fourth-order valence-electron chi connectivity index (χ4n) is 8.60. The lowest BCUT2D eigenvalue weighted by molar-refractivity contribution is 0.569. The van der Waals surface area contributed by atoms with E-state index in [4.69, 9.17) is 4.42 Å². The maximum Gasteiger partial charge on any atom is 0.135 e. The molecular formula is C58H55NO. The molecule has 0 unspecified atom stereocenters. The highest BCUT2D eigenvalue weighted by atomic mass is 16.3. The number of furan rings is 1. The summed E-state index contributed by atoms with van der Waals surface area (Å²) in [5, 5.41) is 4.77. The number of nitrogens with zero attached hydrogens (tertiary/aromatic N) is 1. The standard InChI is InChI=1S/C58H55NO/c1-56(2,3)42-27-31-46(32-28-42)59(45-29-24-38(25-30-45)40-26-33-54-51(36-40)49-19-11-13-23-53(49)60-54)52-22-12-10-18-48(52)50-21-15-17-39-16-14-20-47(55(39)50)41-34-43(57(4,5)6)37-44(35-41)58(7,8)9/h10-37H,1-9H3. The molecule has 0 N–H and O–H groups in total. The topological polar surface area (TPSA) is 16.4 Å². The van der Waals surface area contributed by atoms with E-state index in [1.165, 1.54) is 49.7 Å². The summed E-state index contributed by atoms with van der Waals surface area (Å²) in [6.07, 6.45) is 0. The van der Waals surface area contributed by atoms with E-state index in [-0.39, 0.29) is 16.2 Å². The number of rotatable bonds is 6. The zero-order valence-corrected chi connectivity index (χ0v) is 36.5. The second-order valence-electron chi connectivity index (χ2n) is 19.5. The molecule has 0 aliphatic rings. The molecule has 0 fully saturated rings. The van der Waals surface area contributed by atoms with Gasteiger partial charge in [0.1, 0.15) is 11.2 Å². The van der Waals surface area contributed by atoms with E-state index in [1.807, 2.05) is 12.1 Å². The molecule has 0 aliphatic heterocycles. The normalized spacial score (nSPS) is 12.4. The van der Waals surface area contributed by atoms with Crippen molar-refractivity contribution < 1.29 is 4.42 Å². The predicted octanol–water partition coefficient (Wildman–Crippen LogP) is 17.1. The fraction of sp³-hybridized carbons (Fsp3) is 0.207. The zero-order chi connectivity index (χ0) is 42.0. The first-order valence-corrected chi connectivity index (χ1v) is 21.3. The third-order valence-electron chi connectivity index (χ3n) is 12.1. The largest absolute Gasteiger partial charge is 0.456 e. The Kier molecular flexibility index (Phi) is 9.59. The number of hydrogen-bond acceptors (Lipinski definition) is 2. The second-order valence-corrected chi connectivity index (χ2v) is 19.5. The molecule has 8 aromatic carbocycles. The summed E-state index contributed by atoms with van der Waals surface area (Å²) in [5.74, 6) is 0. The first-order valence-electron chi connectivity index (χ1n) is 21.3. The van der Waals surface area contributed by atoms with Crippen molar-refractivity contribution in [2.45, 2.75) is 78.6 Å². The van der Waals surface area contributed by atoms with Gasteiger partial charge in [-0.15, -0.1) is 0 Å². The number of anilines is 3. The van der Waals surface area contributed by atoms with Crippen LogP contribution in [0.1, 0.15) is 79.0 Å². The fourth-order valence-corrected chi connectivity index (χ4v) is 8.60. The monoisotopic (exact) mass is 781 g/mol. The van der Waals surface area contributed by atoms with Gasteiger partial charge in [-0.05, 0) is 120 Å². The molecule has 1 heterocycles. The Labute approximate surface area is 356 Å². The van der Waals surface area contributed by atoms with E-state index >= 15 is 0 Å². The third kappa shape index (κ3) is 7.30. The van der Waals surface area contributed by atoms with Crippen LogP contribution in [0.2, 0.25) is 0 Å². The second kappa shape index (κ2) is 14.7. The number of para-hydroxylation sites is 2. The molecule has 9 rings (SSSR count). The van der Waals surface area contributed by atoms with E-state index in [1.54, 1.807) is 0 Å². The summed E-state index contributed by atoms with van der Waals surface area (Å²) < 4.78 is 6.16. The first-order chi connectivity index (χ1) is 28.6. The van der Waals surface area contributed by atoms with Gasteiger partial charge in [0.2, 0.25) is 0 Å². The maximum absolute atomic E-state index is 6.16. The molecule has 298 valence electrons.